The molecule has 0 fully saturated rings. The summed E-state index contributed by atoms with van der Waals surface area (Å²) in [5.74, 6) is 2.73. The third-order valence-corrected chi connectivity index (χ3v) is 7.10. The monoisotopic (exact) mass is 497 g/mol. The minimum atomic E-state index is -1.23. The van der Waals surface area contributed by atoms with Crippen LogP contribution in [0.4, 0.5) is 0 Å². The molecule has 0 bridgehead atoms. The highest BCUT2D eigenvalue weighted by atomic mass is 32.2. The zero-order chi connectivity index (χ0) is 25.2. The predicted molar refractivity (Wildman–Crippen MR) is 136 cm³/mol. The molecule has 186 valence electrons. The first kappa shape index (κ1) is 26.1. The van der Waals surface area contributed by atoms with Crippen LogP contribution in [-0.4, -0.2) is 56.3 Å². The number of hydrogen-bond donors (Lipinski definition) is 0. The van der Waals surface area contributed by atoms with E-state index in [9.17, 15) is 9.00 Å². The van der Waals surface area contributed by atoms with Gasteiger partial charge in [0.25, 0.3) is 0 Å². The van der Waals surface area contributed by atoms with Crippen LogP contribution in [0, 0.1) is 0 Å². The summed E-state index contributed by atoms with van der Waals surface area (Å²) >= 11 is 0. The van der Waals surface area contributed by atoms with E-state index >= 15 is 0 Å². The van der Waals surface area contributed by atoms with Crippen molar-refractivity contribution in [2.24, 2.45) is 0 Å². The standard InChI is InChI=1S/C27H31NO6S/c1-31-24-12-10-20(17-26(24)33-3)16-23(21-11-13-25(32-2)27(18-21)34-4)28(19-29)14-15-35(30)22-8-6-5-7-9-22/h5-13,17-19,23H,14-16H2,1-4H3. The van der Waals surface area contributed by atoms with E-state index in [0.717, 1.165) is 22.4 Å². The van der Waals surface area contributed by atoms with Crippen LogP contribution in [-0.2, 0) is 22.0 Å². The molecule has 0 saturated carbocycles. The second-order valence-electron chi connectivity index (χ2n) is 7.73. The summed E-state index contributed by atoms with van der Waals surface area (Å²) in [7, 11) is 5.10. The minimum absolute atomic E-state index is 0.317. The number of rotatable bonds is 13. The normalized spacial score (nSPS) is 12.3. The number of ether oxygens (including phenoxy) is 4. The highest BCUT2D eigenvalue weighted by molar-refractivity contribution is 7.85. The van der Waals surface area contributed by atoms with Gasteiger partial charge in [-0.3, -0.25) is 9.00 Å². The first-order valence-electron chi connectivity index (χ1n) is 11.1. The van der Waals surface area contributed by atoms with Crippen molar-refractivity contribution in [3.05, 3.63) is 77.9 Å². The lowest BCUT2D eigenvalue weighted by atomic mass is 9.96. The fourth-order valence-corrected chi connectivity index (χ4v) is 4.95. The van der Waals surface area contributed by atoms with Gasteiger partial charge in [-0.2, -0.15) is 0 Å². The van der Waals surface area contributed by atoms with Gasteiger partial charge in [0.15, 0.2) is 23.0 Å². The zero-order valence-electron chi connectivity index (χ0n) is 20.4. The Kier molecular flexibility index (Phi) is 9.55. The van der Waals surface area contributed by atoms with Crippen LogP contribution >= 0.6 is 0 Å². The Morgan fingerprint density at radius 2 is 1.40 bits per heavy atom. The SMILES string of the molecule is COc1ccc(CC(c2ccc(OC)c(OC)c2)N(C=O)CCS(=O)c2ccccc2)cc1OC. The van der Waals surface area contributed by atoms with Crippen LogP contribution in [0.5, 0.6) is 23.0 Å². The van der Waals surface area contributed by atoms with Gasteiger partial charge < -0.3 is 23.8 Å². The molecule has 3 rings (SSSR count). The largest absolute Gasteiger partial charge is 0.493 e. The van der Waals surface area contributed by atoms with E-state index in [-0.39, 0.29) is 6.04 Å². The van der Waals surface area contributed by atoms with Gasteiger partial charge in [-0.1, -0.05) is 30.3 Å². The molecular weight excluding hydrogens is 466 g/mol. The van der Waals surface area contributed by atoms with Crippen LogP contribution in [0.15, 0.2) is 71.6 Å². The number of carbonyl (C=O) groups is 1. The zero-order valence-corrected chi connectivity index (χ0v) is 21.2. The van der Waals surface area contributed by atoms with Crippen LogP contribution in [0.1, 0.15) is 17.2 Å². The summed E-state index contributed by atoms with van der Waals surface area (Å²) in [4.78, 5) is 14.7. The van der Waals surface area contributed by atoms with Crippen LogP contribution in [0.3, 0.4) is 0 Å². The second-order valence-corrected chi connectivity index (χ2v) is 9.30. The minimum Gasteiger partial charge on any atom is -0.493 e. The summed E-state index contributed by atoms with van der Waals surface area (Å²) in [5, 5.41) is 0. The summed E-state index contributed by atoms with van der Waals surface area (Å²) in [6.45, 7) is 0.317. The Hall–Kier alpha value is -3.52. The van der Waals surface area contributed by atoms with Crippen LogP contribution in [0.2, 0.25) is 0 Å². The number of nitrogens with zero attached hydrogens (tertiary/aromatic N) is 1. The van der Waals surface area contributed by atoms with Gasteiger partial charge in [0.1, 0.15) is 0 Å². The lowest BCUT2D eigenvalue weighted by Crippen LogP contribution is -2.32. The van der Waals surface area contributed by atoms with Gasteiger partial charge in [0, 0.05) is 17.2 Å². The van der Waals surface area contributed by atoms with Gasteiger partial charge in [-0.05, 0) is 53.9 Å². The van der Waals surface area contributed by atoms with Crippen molar-refractivity contribution >= 4 is 17.2 Å². The van der Waals surface area contributed by atoms with Gasteiger partial charge in [0.2, 0.25) is 6.41 Å². The number of hydrogen-bond acceptors (Lipinski definition) is 6. The van der Waals surface area contributed by atoms with Gasteiger partial charge in [-0.15, -0.1) is 0 Å². The molecule has 0 aliphatic carbocycles. The molecule has 0 saturated heterocycles. The fourth-order valence-electron chi connectivity index (χ4n) is 3.88. The molecule has 35 heavy (non-hydrogen) atoms. The molecule has 3 aromatic rings. The maximum Gasteiger partial charge on any atom is 0.210 e. The van der Waals surface area contributed by atoms with Crippen LogP contribution in [0.25, 0.3) is 0 Å². The molecular formula is C27H31NO6S. The Morgan fingerprint density at radius 1 is 0.800 bits per heavy atom. The third-order valence-electron chi connectivity index (χ3n) is 5.75. The topological polar surface area (TPSA) is 74.3 Å². The molecule has 8 heteroatoms. The van der Waals surface area contributed by atoms with Crippen molar-refractivity contribution in [2.45, 2.75) is 17.4 Å². The number of methoxy groups -OCH3 is 4. The molecule has 0 aliphatic heterocycles. The van der Waals surface area contributed by atoms with Crippen molar-refractivity contribution in [2.75, 3.05) is 40.7 Å². The molecule has 0 spiro atoms. The van der Waals surface area contributed by atoms with Gasteiger partial charge in [0.05, 0.1) is 45.3 Å². The molecule has 1 amide bonds. The lowest BCUT2D eigenvalue weighted by molar-refractivity contribution is -0.120. The van der Waals surface area contributed by atoms with E-state index in [0.29, 0.717) is 41.7 Å². The Bertz CT molecular complexity index is 1140. The van der Waals surface area contributed by atoms with Gasteiger partial charge in [-0.25, -0.2) is 0 Å². The maximum absolute atomic E-state index is 12.8. The molecule has 0 aromatic heterocycles. The van der Waals surface area contributed by atoms with Crippen molar-refractivity contribution in [1.29, 1.82) is 0 Å². The summed E-state index contributed by atoms with van der Waals surface area (Å²) in [6.07, 6.45) is 1.32. The van der Waals surface area contributed by atoms with Crippen molar-refractivity contribution in [3.63, 3.8) is 0 Å². The molecule has 3 aromatic carbocycles. The van der Waals surface area contributed by atoms with Crippen molar-refractivity contribution in [1.82, 2.24) is 4.90 Å². The predicted octanol–water partition coefficient (Wildman–Crippen LogP) is 4.27. The Labute approximate surface area is 209 Å². The maximum atomic E-state index is 12.8. The van der Waals surface area contributed by atoms with E-state index in [1.807, 2.05) is 66.7 Å². The van der Waals surface area contributed by atoms with E-state index in [4.69, 9.17) is 18.9 Å². The Balaban J connectivity index is 1.93. The second kappa shape index (κ2) is 12.8. The highest BCUT2D eigenvalue weighted by Gasteiger charge is 2.23. The third kappa shape index (κ3) is 6.54. The molecule has 0 N–H and O–H groups in total. The van der Waals surface area contributed by atoms with Crippen LogP contribution < -0.4 is 18.9 Å². The molecule has 2 atom stereocenters. The van der Waals surface area contributed by atoms with E-state index in [1.54, 1.807) is 33.3 Å². The summed E-state index contributed by atoms with van der Waals surface area (Å²) in [5.41, 5.74) is 1.83. The Morgan fingerprint density at radius 3 is 2.00 bits per heavy atom. The summed E-state index contributed by atoms with van der Waals surface area (Å²) < 4.78 is 34.5. The molecule has 0 aliphatic rings. The van der Waals surface area contributed by atoms with Crippen molar-refractivity contribution < 1.29 is 28.0 Å². The molecule has 0 radical (unpaired) electrons. The fraction of sp³-hybridized carbons (Fsp3) is 0.296. The first-order valence-corrected chi connectivity index (χ1v) is 12.4. The highest BCUT2D eigenvalue weighted by Crippen LogP contribution is 2.35. The quantitative estimate of drug-likeness (QED) is 0.329. The number of carbonyl (C=O) groups excluding carboxylic acids is 1. The lowest BCUT2D eigenvalue weighted by Gasteiger charge is -2.29. The van der Waals surface area contributed by atoms with E-state index < -0.39 is 10.8 Å². The van der Waals surface area contributed by atoms with Crippen molar-refractivity contribution in [3.8, 4) is 23.0 Å². The average molecular weight is 498 g/mol. The molecule has 0 heterocycles. The van der Waals surface area contributed by atoms with Gasteiger partial charge >= 0.3 is 0 Å². The van der Waals surface area contributed by atoms with E-state index in [1.165, 1.54) is 0 Å². The average Bonchev–Trinajstić information content (AvgIpc) is 2.92. The number of amides is 1. The number of benzene rings is 3. The molecule has 2 unspecified atom stereocenters. The smallest absolute Gasteiger partial charge is 0.210 e. The first-order chi connectivity index (χ1) is 17.0. The molecule has 7 nitrogen and oxygen atoms in total. The van der Waals surface area contributed by atoms with E-state index in [2.05, 4.69) is 0 Å². The summed E-state index contributed by atoms with van der Waals surface area (Å²) in [6, 6.07) is 20.2.